The Labute approximate surface area is 162 Å². The zero-order valence-electron chi connectivity index (χ0n) is 15.7. The Morgan fingerprint density at radius 3 is 2.61 bits per heavy atom. The minimum absolute atomic E-state index is 0.313. The van der Waals surface area contributed by atoms with Crippen molar-refractivity contribution in [2.75, 3.05) is 0 Å². The molecule has 1 amide bonds. The zero-order chi connectivity index (χ0) is 20.1. The number of esters is 1. The number of hydrogen-bond acceptors (Lipinski definition) is 5. The topological polar surface area (TPSA) is 90.3 Å². The third-order valence-electron chi connectivity index (χ3n) is 4.30. The third kappa shape index (κ3) is 4.62. The number of aromatic nitrogens is 2. The molecule has 0 spiro atoms. The largest absolute Gasteiger partial charge is 0.451 e. The number of hydrogen-bond donors (Lipinski definition) is 1. The fourth-order valence-corrected chi connectivity index (χ4v) is 2.68. The molecule has 7 heteroatoms. The summed E-state index contributed by atoms with van der Waals surface area (Å²) in [4.78, 5) is 40.8. The predicted molar refractivity (Wildman–Crippen MR) is 105 cm³/mol. The van der Waals surface area contributed by atoms with Gasteiger partial charge in [0, 0.05) is 6.54 Å². The Hall–Kier alpha value is -3.48. The second kappa shape index (κ2) is 8.47. The van der Waals surface area contributed by atoms with Crippen LogP contribution in [0.2, 0.25) is 0 Å². The highest BCUT2D eigenvalue weighted by Crippen LogP contribution is 2.05. The molecule has 144 valence electrons. The normalized spacial score (nSPS) is 11.8. The van der Waals surface area contributed by atoms with E-state index in [-0.39, 0.29) is 12.1 Å². The molecule has 0 saturated heterocycles. The molecule has 2 aromatic carbocycles. The Bertz CT molecular complexity index is 1060. The summed E-state index contributed by atoms with van der Waals surface area (Å²) in [6.07, 6.45) is 0.329. The molecular formula is C21H21N3O4. The van der Waals surface area contributed by atoms with E-state index in [1.165, 1.54) is 17.8 Å². The number of fused-ring (bicyclic) bond motifs is 1. The standard InChI is InChI=1S/C21H21N3O4/c1-14-7-9-16(10-8-14)11-22-20(26)15(2)28-19(25)12-24-13-23-18-6-4-3-5-17(18)21(24)27/h3-10,13,15H,11-12H2,1-2H3,(H,22,26)/t15-/m0/s1. The maximum atomic E-state index is 12.4. The van der Waals surface area contributed by atoms with Crippen molar-refractivity contribution >= 4 is 22.8 Å². The summed E-state index contributed by atoms with van der Waals surface area (Å²) < 4.78 is 6.32. The van der Waals surface area contributed by atoms with Gasteiger partial charge in [0.25, 0.3) is 11.5 Å². The second-order valence-corrected chi connectivity index (χ2v) is 6.53. The van der Waals surface area contributed by atoms with E-state index < -0.39 is 18.0 Å². The lowest BCUT2D eigenvalue weighted by Crippen LogP contribution is -2.36. The molecule has 1 N–H and O–H groups in total. The molecule has 28 heavy (non-hydrogen) atoms. The van der Waals surface area contributed by atoms with Gasteiger partial charge in [-0.15, -0.1) is 0 Å². The molecule has 0 saturated carbocycles. The fourth-order valence-electron chi connectivity index (χ4n) is 2.68. The molecule has 0 unspecified atom stereocenters. The van der Waals surface area contributed by atoms with Crippen molar-refractivity contribution in [1.82, 2.24) is 14.9 Å². The van der Waals surface area contributed by atoms with Gasteiger partial charge in [-0.05, 0) is 31.5 Å². The first kappa shape index (κ1) is 19.3. The van der Waals surface area contributed by atoms with Crippen molar-refractivity contribution in [3.8, 4) is 0 Å². The van der Waals surface area contributed by atoms with Crippen LogP contribution in [0.5, 0.6) is 0 Å². The number of rotatable bonds is 6. The van der Waals surface area contributed by atoms with Gasteiger partial charge in [0.1, 0.15) is 6.54 Å². The van der Waals surface area contributed by atoms with Crippen molar-refractivity contribution in [2.45, 2.75) is 33.0 Å². The monoisotopic (exact) mass is 379 g/mol. The van der Waals surface area contributed by atoms with Gasteiger partial charge in [-0.1, -0.05) is 42.0 Å². The quantitative estimate of drug-likeness (QED) is 0.661. The van der Waals surface area contributed by atoms with Crippen molar-refractivity contribution in [2.24, 2.45) is 0 Å². The Morgan fingerprint density at radius 1 is 1.14 bits per heavy atom. The molecule has 3 aromatic rings. The molecule has 7 nitrogen and oxygen atoms in total. The van der Waals surface area contributed by atoms with E-state index in [0.717, 1.165) is 11.1 Å². The first-order chi connectivity index (χ1) is 13.4. The number of para-hydroxylation sites is 1. The van der Waals surface area contributed by atoms with E-state index in [2.05, 4.69) is 10.3 Å². The lowest BCUT2D eigenvalue weighted by atomic mass is 10.1. The molecule has 1 atom stereocenters. The molecule has 3 rings (SSSR count). The molecule has 0 fully saturated rings. The minimum Gasteiger partial charge on any atom is -0.451 e. The smallest absolute Gasteiger partial charge is 0.326 e. The van der Waals surface area contributed by atoms with Crippen molar-refractivity contribution in [3.05, 3.63) is 76.3 Å². The first-order valence-electron chi connectivity index (χ1n) is 8.91. The van der Waals surface area contributed by atoms with Crippen LogP contribution < -0.4 is 10.9 Å². The summed E-state index contributed by atoms with van der Waals surface area (Å²) in [5.41, 5.74) is 2.31. The summed E-state index contributed by atoms with van der Waals surface area (Å²) in [5, 5.41) is 3.14. The van der Waals surface area contributed by atoms with Gasteiger partial charge < -0.3 is 10.1 Å². The molecule has 0 aliphatic heterocycles. The van der Waals surface area contributed by atoms with Crippen LogP contribution in [-0.4, -0.2) is 27.5 Å². The van der Waals surface area contributed by atoms with Gasteiger partial charge in [0.2, 0.25) is 0 Å². The van der Waals surface area contributed by atoms with Gasteiger partial charge in [-0.2, -0.15) is 0 Å². The molecule has 0 aliphatic carbocycles. The Kier molecular flexibility index (Phi) is 5.84. The van der Waals surface area contributed by atoms with Gasteiger partial charge in [-0.3, -0.25) is 19.0 Å². The van der Waals surface area contributed by atoms with Crippen molar-refractivity contribution in [3.63, 3.8) is 0 Å². The first-order valence-corrected chi connectivity index (χ1v) is 8.91. The molecule has 0 radical (unpaired) electrons. The highest BCUT2D eigenvalue weighted by molar-refractivity contribution is 5.83. The number of carbonyl (C=O) groups is 2. The second-order valence-electron chi connectivity index (χ2n) is 6.53. The van der Waals surface area contributed by atoms with Crippen molar-refractivity contribution < 1.29 is 14.3 Å². The van der Waals surface area contributed by atoms with E-state index in [4.69, 9.17) is 4.74 Å². The Balaban J connectivity index is 1.56. The van der Waals surface area contributed by atoms with Crippen LogP contribution in [0, 0.1) is 6.92 Å². The maximum absolute atomic E-state index is 12.4. The van der Waals surface area contributed by atoms with Crippen LogP contribution in [0.15, 0.2) is 59.7 Å². The van der Waals surface area contributed by atoms with E-state index >= 15 is 0 Å². The average molecular weight is 379 g/mol. The molecule has 0 bridgehead atoms. The number of benzene rings is 2. The van der Waals surface area contributed by atoms with E-state index in [1.54, 1.807) is 24.3 Å². The summed E-state index contributed by atoms with van der Waals surface area (Å²) in [7, 11) is 0. The van der Waals surface area contributed by atoms with Crippen LogP contribution in [0.3, 0.4) is 0 Å². The number of amides is 1. The van der Waals surface area contributed by atoms with Gasteiger partial charge >= 0.3 is 5.97 Å². The number of ether oxygens (including phenoxy) is 1. The average Bonchev–Trinajstić information content (AvgIpc) is 2.69. The van der Waals surface area contributed by atoms with Crippen LogP contribution >= 0.6 is 0 Å². The highest BCUT2D eigenvalue weighted by atomic mass is 16.5. The molecule has 1 aromatic heterocycles. The van der Waals surface area contributed by atoms with Gasteiger partial charge in [-0.25, -0.2) is 4.98 Å². The highest BCUT2D eigenvalue weighted by Gasteiger charge is 2.18. The van der Waals surface area contributed by atoms with Crippen LogP contribution in [-0.2, 0) is 27.4 Å². The van der Waals surface area contributed by atoms with E-state index in [0.29, 0.717) is 17.4 Å². The lowest BCUT2D eigenvalue weighted by Gasteiger charge is -2.14. The van der Waals surface area contributed by atoms with E-state index in [1.807, 2.05) is 31.2 Å². The van der Waals surface area contributed by atoms with Crippen LogP contribution in [0.25, 0.3) is 10.9 Å². The third-order valence-corrected chi connectivity index (χ3v) is 4.30. The number of nitrogens with one attached hydrogen (secondary N) is 1. The number of aryl methyl sites for hydroxylation is 1. The van der Waals surface area contributed by atoms with E-state index in [9.17, 15) is 14.4 Å². The molecular weight excluding hydrogens is 358 g/mol. The maximum Gasteiger partial charge on any atom is 0.326 e. The van der Waals surface area contributed by atoms with Crippen molar-refractivity contribution in [1.29, 1.82) is 0 Å². The zero-order valence-corrected chi connectivity index (χ0v) is 15.7. The molecule has 0 aliphatic rings. The summed E-state index contributed by atoms with van der Waals surface area (Å²) in [6.45, 7) is 3.51. The minimum atomic E-state index is -0.970. The van der Waals surface area contributed by atoms with Crippen LogP contribution in [0.4, 0.5) is 0 Å². The van der Waals surface area contributed by atoms with Gasteiger partial charge in [0.15, 0.2) is 6.10 Å². The van der Waals surface area contributed by atoms with Crippen LogP contribution in [0.1, 0.15) is 18.1 Å². The lowest BCUT2D eigenvalue weighted by molar-refractivity contribution is -0.155. The summed E-state index contributed by atoms with van der Waals surface area (Å²) in [5.74, 6) is -1.09. The Morgan fingerprint density at radius 2 is 1.86 bits per heavy atom. The summed E-state index contributed by atoms with van der Waals surface area (Å²) >= 11 is 0. The molecule has 1 heterocycles. The fraction of sp³-hybridized carbons (Fsp3) is 0.238. The predicted octanol–water partition coefficient (Wildman–Crippen LogP) is 1.95. The summed E-state index contributed by atoms with van der Waals surface area (Å²) in [6, 6.07) is 14.6. The number of nitrogens with zero attached hydrogens (tertiary/aromatic N) is 2. The SMILES string of the molecule is Cc1ccc(CNC(=O)[C@H](C)OC(=O)Cn2cnc3ccccc3c2=O)cc1. The van der Waals surface area contributed by atoms with Gasteiger partial charge in [0.05, 0.1) is 17.2 Å². The number of carbonyl (C=O) groups excluding carboxylic acids is 2.